The molecule has 1 N–H and O–H groups in total. The van der Waals surface area contributed by atoms with Crippen molar-refractivity contribution in [2.24, 2.45) is 5.92 Å². The molecule has 0 unspecified atom stereocenters. The summed E-state index contributed by atoms with van der Waals surface area (Å²) in [6.07, 6.45) is 3.97. The molecule has 1 aromatic carbocycles. The van der Waals surface area contributed by atoms with Gasteiger partial charge >= 0.3 is 0 Å². The molecule has 0 aliphatic heterocycles. The molecule has 0 aromatic heterocycles. The number of anilines is 1. The highest BCUT2D eigenvalue weighted by atomic mass is 35.5. The molecule has 0 heterocycles. The molecule has 0 amide bonds. The third-order valence-corrected chi connectivity index (χ3v) is 3.79. The van der Waals surface area contributed by atoms with E-state index >= 15 is 0 Å². The van der Waals surface area contributed by atoms with Crippen molar-refractivity contribution < 1.29 is 0 Å². The van der Waals surface area contributed by atoms with Gasteiger partial charge in [-0.3, -0.25) is 0 Å². The summed E-state index contributed by atoms with van der Waals surface area (Å²) in [5, 5.41) is 4.02. The van der Waals surface area contributed by atoms with E-state index in [0.29, 0.717) is 0 Å². The van der Waals surface area contributed by atoms with Crippen LogP contribution < -0.4 is 10.2 Å². The molecule has 0 saturated heterocycles. The van der Waals surface area contributed by atoms with Crippen molar-refractivity contribution in [2.45, 2.75) is 32.7 Å². The van der Waals surface area contributed by atoms with Gasteiger partial charge in [-0.05, 0) is 49.9 Å². The Labute approximate surface area is 115 Å². The van der Waals surface area contributed by atoms with Crippen LogP contribution in [0.3, 0.4) is 0 Å². The molecule has 1 saturated carbocycles. The van der Waals surface area contributed by atoms with Gasteiger partial charge in [-0.25, -0.2) is 0 Å². The van der Waals surface area contributed by atoms with Crippen molar-refractivity contribution in [3.63, 3.8) is 0 Å². The van der Waals surface area contributed by atoms with E-state index in [9.17, 15) is 0 Å². The highest BCUT2D eigenvalue weighted by Gasteiger charge is 2.24. The van der Waals surface area contributed by atoms with Crippen molar-refractivity contribution >= 4 is 17.3 Å². The van der Waals surface area contributed by atoms with Gasteiger partial charge in [0.25, 0.3) is 0 Å². The first-order valence-electron chi connectivity index (χ1n) is 6.92. The number of nitrogens with one attached hydrogen (secondary N) is 1. The van der Waals surface area contributed by atoms with Gasteiger partial charge in [0.2, 0.25) is 0 Å². The van der Waals surface area contributed by atoms with Crippen molar-refractivity contribution in [1.82, 2.24) is 5.32 Å². The smallest absolute Gasteiger partial charge is 0.0471 e. The predicted molar refractivity (Wildman–Crippen MR) is 79.4 cm³/mol. The molecule has 3 heteroatoms. The van der Waals surface area contributed by atoms with E-state index in [1.54, 1.807) is 0 Å². The molecule has 2 rings (SSSR count). The van der Waals surface area contributed by atoms with Crippen molar-refractivity contribution in [3.8, 4) is 0 Å². The van der Waals surface area contributed by atoms with Crippen molar-refractivity contribution in [1.29, 1.82) is 0 Å². The summed E-state index contributed by atoms with van der Waals surface area (Å²) in [5.41, 5.74) is 2.44. The Hall–Kier alpha value is -0.730. The molecule has 0 atom stereocenters. The summed E-state index contributed by atoms with van der Waals surface area (Å²) in [4.78, 5) is 2.48. The van der Waals surface area contributed by atoms with Gasteiger partial charge < -0.3 is 10.2 Å². The average molecular weight is 267 g/mol. The van der Waals surface area contributed by atoms with Gasteiger partial charge in [0.1, 0.15) is 0 Å². The second-order valence-corrected chi connectivity index (χ2v) is 5.60. The monoisotopic (exact) mass is 266 g/mol. The first-order chi connectivity index (χ1) is 8.74. The highest BCUT2D eigenvalue weighted by molar-refractivity contribution is 6.31. The second kappa shape index (κ2) is 6.44. The molecule has 1 fully saturated rings. The number of halogens is 1. The Kier molecular flexibility index (Phi) is 4.90. The van der Waals surface area contributed by atoms with E-state index in [4.69, 9.17) is 11.6 Å². The van der Waals surface area contributed by atoms with Crippen molar-refractivity contribution in [2.75, 3.05) is 25.0 Å². The summed E-state index contributed by atoms with van der Waals surface area (Å²) < 4.78 is 0. The number of hydrogen-bond acceptors (Lipinski definition) is 2. The van der Waals surface area contributed by atoms with Crippen LogP contribution in [0.1, 0.15) is 31.7 Å². The minimum absolute atomic E-state index is 0.829. The Morgan fingerprint density at radius 2 is 2.17 bits per heavy atom. The van der Waals surface area contributed by atoms with E-state index in [2.05, 4.69) is 35.3 Å². The fourth-order valence-electron chi connectivity index (χ4n) is 2.27. The number of benzene rings is 1. The van der Waals surface area contributed by atoms with Gasteiger partial charge in [0.15, 0.2) is 0 Å². The molecule has 0 spiro atoms. The Bertz CT molecular complexity index is 388. The maximum absolute atomic E-state index is 6.34. The Morgan fingerprint density at radius 1 is 1.39 bits per heavy atom. The third-order valence-electron chi connectivity index (χ3n) is 3.44. The van der Waals surface area contributed by atoms with Crippen LogP contribution in [0.2, 0.25) is 5.02 Å². The average Bonchev–Trinajstić information content (AvgIpc) is 3.15. The summed E-state index contributed by atoms with van der Waals surface area (Å²) in [5.74, 6) is 0.910. The lowest BCUT2D eigenvalue weighted by Gasteiger charge is -2.25. The SMILES string of the molecule is CCCN(CC1CC1)c1ccc(CNC)c(Cl)c1. The zero-order chi connectivity index (χ0) is 13.0. The zero-order valence-corrected chi connectivity index (χ0v) is 12.1. The molecule has 18 heavy (non-hydrogen) atoms. The topological polar surface area (TPSA) is 15.3 Å². The summed E-state index contributed by atoms with van der Waals surface area (Å²) >= 11 is 6.34. The zero-order valence-electron chi connectivity index (χ0n) is 11.4. The van der Waals surface area contributed by atoms with Crippen LogP contribution in [-0.2, 0) is 6.54 Å². The molecule has 100 valence electrons. The van der Waals surface area contributed by atoms with E-state index < -0.39 is 0 Å². The summed E-state index contributed by atoms with van der Waals surface area (Å²) in [6, 6.07) is 6.46. The lowest BCUT2D eigenvalue weighted by Crippen LogP contribution is -2.26. The molecule has 1 aliphatic carbocycles. The van der Waals surface area contributed by atoms with Gasteiger partial charge in [0.05, 0.1) is 0 Å². The molecule has 1 aromatic rings. The van der Waals surface area contributed by atoms with Crippen LogP contribution in [-0.4, -0.2) is 20.1 Å². The number of nitrogens with zero attached hydrogens (tertiary/aromatic N) is 1. The second-order valence-electron chi connectivity index (χ2n) is 5.20. The van der Waals surface area contributed by atoms with E-state index in [1.165, 1.54) is 37.1 Å². The predicted octanol–water partition coefficient (Wildman–Crippen LogP) is 3.69. The Morgan fingerprint density at radius 3 is 2.72 bits per heavy atom. The molecular weight excluding hydrogens is 244 g/mol. The normalized spacial score (nSPS) is 14.8. The van der Waals surface area contributed by atoms with E-state index in [0.717, 1.165) is 24.0 Å². The van der Waals surface area contributed by atoms with E-state index in [-0.39, 0.29) is 0 Å². The molecule has 0 bridgehead atoms. The van der Waals surface area contributed by atoms with E-state index in [1.807, 2.05) is 7.05 Å². The van der Waals surface area contributed by atoms with Gasteiger partial charge in [-0.1, -0.05) is 24.6 Å². The van der Waals surface area contributed by atoms with Crippen molar-refractivity contribution in [3.05, 3.63) is 28.8 Å². The number of hydrogen-bond donors (Lipinski definition) is 1. The van der Waals surface area contributed by atoms with Crippen LogP contribution in [0.4, 0.5) is 5.69 Å². The highest BCUT2D eigenvalue weighted by Crippen LogP contribution is 2.32. The summed E-state index contributed by atoms with van der Waals surface area (Å²) in [6.45, 7) is 5.38. The van der Waals surface area contributed by atoms with Crippen LogP contribution in [0.5, 0.6) is 0 Å². The minimum atomic E-state index is 0.829. The van der Waals surface area contributed by atoms with Gasteiger partial charge in [0, 0.05) is 30.3 Å². The quantitative estimate of drug-likeness (QED) is 0.810. The fraction of sp³-hybridized carbons (Fsp3) is 0.600. The van der Waals surface area contributed by atoms with Crippen LogP contribution in [0.25, 0.3) is 0 Å². The lowest BCUT2D eigenvalue weighted by atomic mass is 10.1. The van der Waals surface area contributed by atoms with Crippen LogP contribution in [0.15, 0.2) is 18.2 Å². The third kappa shape index (κ3) is 3.63. The Balaban J connectivity index is 2.10. The molecule has 1 aliphatic rings. The first-order valence-corrected chi connectivity index (χ1v) is 7.30. The molecule has 0 radical (unpaired) electrons. The maximum Gasteiger partial charge on any atom is 0.0471 e. The summed E-state index contributed by atoms with van der Waals surface area (Å²) in [7, 11) is 1.95. The first kappa shape index (κ1) is 13.7. The fourth-order valence-corrected chi connectivity index (χ4v) is 2.52. The lowest BCUT2D eigenvalue weighted by molar-refractivity contribution is 0.707. The van der Waals surface area contributed by atoms with Crippen LogP contribution in [0, 0.1) is 5.92 Å². The van der Waals surface area contributed by atoms with Gasteiger partial charge in [-0.15, -0.1) is 0 Å². The molecular formula is C15H23ClN2. The largest absolute Gasteiger partial charge is 0.371 e. The minimum Gasteiger partial charge on any atom is -0.371 e. The maximum atomic E-state index is 6.34. The van der Waals surface area contributed by atoms with Gasteiger partial charge in [-0.2, -0.15) is 0 Å². The molecule has 2 nitrogen and oxygen atoms in total. The number of rotatable bonds is 7. The van der Waals surface area contributed by atoms with Crippen LogP contribution >= 0.6 is 11.6 Å². The standard InChI is InChI=1S/C15H23ClN2/c1-3-8-18(11-12-4-5-12)14-7-6-13(10-17-2)15(16)9-14/h6-7,9,12,17H,3-5,8,10-11H2,1-2H3.